The molecule has 0 amide bonds. The molecule has 0 spiro atoms. The molecule has 11 heavy (non-hydrogen) atoms. The summed E-state index contributed by atoms with van der Waals surface area (Å²) in [6.07, 6.45) is 0. The van der Waals surface area contributed by atoms with E-state index in [1.165, 1.54) is 0 Å². The van der Waals surface area contributed by atoms with Crippen LogP contribution in [0, 0.1) is 0 Å². The molecule has 0 heterocycles. The van der Waals surface area contributed by atoms with E-state index in [9.17, 15) is 5.11 Å². The van der Waals surface area contributed by atoms with Gasteiger partial charge in [-0.1, -0.05) is 25.1 Å². The fourth-order valence-corrected chi connectivity index (χ4v) is 1.03. The van der Waals surface area contributed by atoms with Crippen LogP contribution in [0.2, 0.25) is 0 Å². The second-order valence-corrected chi connectivity index (χ2v) is 2.70. The van der Waals surface area contributed by atoms with Crippen molar-refractivity contribution in [2.24, 2.45) is 5.73 Å². The highest BCUT2D eigenvalue weighted by atomic mass is 16.3. The van der Waals surface area contributed by atoms with Gasteiger partial charge in [0.05, 0.1) is 0 Å². The average Bonchev–Trinajstić information content (AvgIpc) is 2.04. The summed E-state index contributed by atoms with van der Waals surface area (Å²) in [6.45, 7) is 2.56. The number of hydrogen-bond donors (Lipinski definition) is 2. The van der Waals surface area contributed by atoms with Crippen molar-refractivity contribution in [3.8, 4) is 5.75 Å². The third-order valence-electron chi connectivity index (χ3n) is 1.82. The molecule has 2 nitrogen and oxygen atoms in total. The van der Waals surface area contributed by atoms with Gasteiger partial charge in [0.25, 0.3) is 0 Å². The molecule has 2 heteroatoms. The van der Waals surface area contributed by atoms with Gasteiger partial charge in [-0.2, -0.15) is 0 Å². The minimum atomic E-state index is 0.233. The third-order valence-corrected chi connectivity index (χ3v) is 1.82. The van der Waals surface area contributed by atoms with E-state index in [0.29, 0.717) is 12.3 Å². The van der Waals surface area contributed by atoms with Crippen LogP contribution >= 0.6 is 0 Å². The Morgan fingerprint density at radius 1 is 1.45 bits per heavy atom. The van der Waals surface area contributed by atoms with Crippen molar-refractivity contribution in [3.63, 3.8) is 0 Å². The van der Waals surface area contributed by atoms with Crippen molar-refractivity contribution in [1.82, 2.24) is 0 Å². The fourth-order valence-electron chi connectivity index (χ4n) is 1.03. The van der Waals surface area contributed by atoms with E-state index in [1.807, 2.05) is 25.1 Å². The van der Waals surface area contributed by atoms with Gasteiger partial charge in [0.2, 0.25) is 0 Å². The molecule has 0 saturated heterocycles. The smallest absolute Gasteiger partial charge is 0.119 e. The molecule has 0 aromatic heterocycles. The van der Waals surface area contributed by atoms with E-state index in [0.717, 1.165) is 5.56 Å². The topological polar surface area (TPSA) is 46.2 Å². The van der Waals surface area contributed by atoms with Gasteiger partial charge in [-0.25, -0.2) is 0 Å². The number of benzene rings is 1. The lowest BCUT2D eigenvalue weighted by atomic mass is 10.0. The number of rotatable bonds is 2. The highest BCUT2D eigenvalue weighted by Gasteiger charge is 2.06. The molecule has 3 N–H and O–H groups in total. The van der Waals surface area contributed by atoms with Crippen molar-refractivity contribution in [2.45, 2.75) is 12.8 Å². The van der Waals surface area contributed by atoms with Gasteiger partial charge in [0, 0.05) is 0 Å². The first kappa shape index (κ1) is 8.08. The predicted octanol–water partition coefficient (Wildman–Crippen LogP) is 1.45. The van der Waals surface area contributed by atoms with E-state index < -0.39 is 0 Å². The summed E-state index contributed by atoms with van der Waals surface area (Å²) in [6, 6.07) is 7.29. The highest BCUT2D eigenvalue weighted by molar-refractivity contribution is 5.34. The summed E-state index contributed by atoms with van der Waals surface area (Å²) in [5.41, 5.74) is 6.39. The summed E-state index contributed by atoms with van der Waals surface area (Å²) >= 11 is 0. The van der Waals surface area contributed by atoms with Crippen LogP contribution in [0.25, 0.3) is 0 Å². The Morgan fingerprint density at radius 3 is 2.64 bits per heavy atom. The van der Waals surface area contributed by atoms with E-state index in [-0.39, 0.29) is 5.92 Å². The zero-order valence-corrected chi connectivity index (χ0v) is 6.62. The van der Waals surface area contributed by atoms with E-state index in [2.05, 4.69) is 0 Å². The number of phenolic OH excluding ortho intramolecular Hbond substituents is 1. The van der Waals surface area contributed by atoms with Crippen LogP contribution < -0.4 is 5.73 Å². The second kappa shape index (κ2) is 3.39. The summed E-state index contributed by atoms with van der Waals surface area (Å²) in [5, 5.41) is 9.36. The van der Waals surface area contributed by atoms with Crippen molar-refractivity contribution in [2.75, 3.05) is 6.54 Å². The standard InChI is InChI=1S/C9H13NO/c1-7(6-10)8-4-2-3-5-9(8)11/h2-5,7,11H,6,10H2,1H3. The maximum Gasteiger partial charge on any atom is 0.119 e. The number of nitrogens with two attached hydrogens (primary N) is 1. The molecule has 0 fully saturated rings. The lowest BCUT2D eigenvalue weighted by Gasteiger charge is -2.09. The molecule has 1 rings (SSSR count). The molecule has 1 unspecified atom stereocenters. The van der Waals surface area contributed by atoms with Crippen LogP contribution in [0.1, 0.15) is 18.4 Å². The summed E-state index contributed by atoms with van der Waals surface area (Å²) < 4.78 is 0. The van der Waals surface area contributed by atoms with Gasteiger partial charge in [0.1, 0.15) is 5.75 Å². The molecule has 0 bridgehead atoms. The van der Waals surface area contributed by atoms with Gasteiger partial charge < -0.3 is 10.8 Å². The van der Waals surface area contributed by atoms with Gasteiger partial charge in [-0.15, -0.1) is 0 Å². The number of phenols is 1. The molecule has 0 aliphatic rings. The Labute approximate surface area is 66.7 Å². The maximum atomic E-state index is 9.36. The summed E-state index contributed by atoms with van der Waals surface area (Å²) in [4.78, 5) is 0. The molecule has 1 aromatic carbocycles. The zero-order chi connectivity index (χ0) is 8.27. The van der Waals surface area contributed by atoms with Crippen molar-refractivity contribution in [3.05, 3.63) is 29.8 Å². The van der Waals surface area contributed by atoms with Crippen LogP contribution in [0.5, 0.6) is 5.75 Å². The first-order valence-electron chi connectivity index (χ1n) is 3.73. The van der Waals surface area contributed by atoms with Crippen LogP contribution in [0.4, 0.5) is 0 Å². The van der Waals surface area contributed by atoms with Crippen LogP contribution in [-0.4, -0.2) is 11.7 Å². The van der Waals surface area contributed by atoms with Crippen LogP contribution in [0.3, 0.4) is 0 Å². The first-order chi connectivity index (χ1) is 5.25. The van der Waals surface area contributed by atoms with Crippen molar-refractivity contribution in [1.29, 1.82) is 0 Å². The molecule has 0 aliphatic carbocycles. The van der Waals surface area contributed by atoms with E-state index >= 15 is 0 Å². The first-order valence-corrected chi connectivity index (χ1v) is 3.73. The van der Waals surface area contributed by atoms with Gasteiger partial charge in [0.15, 0.2) is 0 Å². The molecular formula is C9H13NO. The van der Waals surface area contributed by atoms with Gasteiger partial charge >= 0.3 is 0 Å². The molecule has 1 atom stereocenters. The Bertz CT molecular complexity index is 235. The second-order valence-electron chi connectivity index (χ2n) is 2.70. The van der Waals surface area contributed by atoms with Crippen LogP contribution in [0.15, 0.2) is 24.3 Å². The lowest BCUT2D eigenvalue weighted by Crippen LogP contribution is -2.08. The molecule has 0 aliphatic heterocycles. The van der Waals surface area contributed by atoms with Crippen LogP contribution in [-0.2, 0) is 0 Å². The lowest BCUT2D eigenvalue weighted by molar-refractivity contribution is 0.463. The summed E-state index contributed by atoms with van der Waals surface area (Å²) in [5.74, 6) is 0.571. The minimum Gasteiger partial charge on any atom is -0.508 e. The quantitative estimate of drug-likeness (QED) is 0.672. The number of para-hydroxylation sites is 1. The van der Waals surface area contributed by atoms with Crippen molar-refractivity contribution < 1.29 is 5.11 Å². The Kier molecular flexibility index (Phi) is 2.49. The zero-order valence-electron chi connectivity index (χ0n) is 6.62. The SMILES string of the molecule is CC(CN)c1ccccc1O. The highest BCUT2D eigenvalue weighted by Crippen LogP contribution is 2.23. The number of hydrogen-bond acceptors (Lipinski definition) is 2. The van der Waals surface area contributed by atoms with E-state index in [4.69, 9.17) is 5.73 Å². The number of aromatic hydroxyl groups is 1. The molecule has 60 valence electrons. The Hall–Kier alpha value is -1.02. The summed E-state index contributed by atoms with van der Waals surface area (Å²) in [7, 11) is 0. The normalized spacial score (nSPS) is 12.9. The van der Waals surface area contributed by atoms with Crippen molar-refractivity contribution >= 4 is 0 Å². The molecule has 0 radical (unpaired) electrons. The molecular weight excluding hydrogens is 138 g/mol. The Balaban J connectivity index is 2.93. The fraction of sp³-hybridized carbons (Fsp3) is 0.333. The molecule has 1 aromatic rings. The monoisotopic (exact) mass is 151 g/mol. The minimum absolute atomic E-state index is 0.233. The predicted molar refractivity (Wildman–Crippen MR) is 45.6 cm³/mol. The maximum absolute atomic E-state index is 9.36. The van der Waals surface area contributed by atoms with Gasteiger partial charge in [-0.3, -0.25) is 0 Å². The van der Waals surface area contributed by atoms with E-state index in [1.54, 1.807) is 6.07 Å². The average molecular weight is 151 g/mol. The Morgan fingerprint density at radius 2 is 2.09 bits per heavy atom. The van der Waals surface area contributed by atoms with Gasteiger partial charge in [-0.05, 0) is 24.1 Å². The largest absolute Gasteiger partial charge is 0.508 e. The third kappa shape index (κ3) is 1.71. The molecule has 0 saturated carbocycles.